The maximum Gasteiger partial charge on any atom is 0.323 e. The van der Waals surface area contributed by atoms with Crippen LogP contribution in [-0.4, -0.2) is 35.6 Å². The van der Waals surface area contributed by atoms with Crippen LogP contribution in [0.2, 0.25) is 0 Å². The molecule has 0 spiro atoms. The van der Waals surface area contributed by atoms with Gasteiger partial charge in [0.2, 0.25) is 0 Å². The third-order valence-corrected chi connectivity index (χ3v) is 3.08. The Morgan fingerprint density at radius 1 is 1.38 bits per heavy atom. The third kappa shape index (κ3) is 5.57. The first-order chi connectivity index (χ1) is 9.79. The first-order valence-electron chi connectivity index (χ1n) is 6.65. The number of esters is 1. The van der Waals surface area contributed by atoms with Gasteiger partial charge in [-0.1, -0.05) is 30.3 Å². The van der Waals surface area contributed by atoms with Crippen LogP contribution in [0.5, 0.6) is 0 Å². The van der Waals surface area contributed by atoms with Gasteiger partial charge in [0.15, 0.2) is 0 Å². The van der Waals surface area contributed by atoms with Gasteiger partial charge in [-0.05, 0) is 12.6 Å². The van der Waals surface area contributed by atoms with E-state index in [9.17, 15) is 4.79 Å². The number of H-pyrrole nitrogens is 1. The molecule has 0 saturated carbocycles. The van der Waals surface area contributed by atoms with E-state index in [2.05, 4.69) is 15.3 Å². The van der Waals surface area contributed by atoms with E-state index in [0.29, 0.717) is 13.0 Å². The number of benzene rings is 1. The maximum absolute atomic E-state index is 12.0. The van der Waals surface area contributed by atoms with Crippen molar-refractivity contribution in [3.05, 3.63) is 54.1 Å². The van der Waals surface area contributed by atoms with E-state index in [1.807, 2.05) is 30.3 Å². The Morgan fingerprint density at radius 3 is 2.76 bits per heavy atom. The summed E-state index contributed by atoms with van der Waals surface area (Å²) in [6.07, 6.45) is 4.62. The molecule has 2 N–H and O–H groups in total. The monoisotopic (exact) mass is 309 g/mol. The second-order valence-corrected chi connectivity index (χ2v) is 4.51. The van der Waals surface area contributed by atoms with Crippen molar-refractivity contribution in [2.24, 2.45) is 0 Å². The number of imidazole rings is 1. The molecule has 2 rings (SSSR count). The smallest absolute Gasteiger partial charge is 0.323 e. The predicted octanol–water partition coefficient (Wildman–Crippen LogP) is 1.75. The molecule has 0 bridgehead atoms. The lowest BCUT2D eigenvalue weighted by Crippen LogP contribution is -2.37. The molecule has 0 unspecified atom stereocenters. The molecule has 1 atom stereocenters. The highest BCUT2D eigenvalue weighted by Gasteiger charge is 2.19. The van der Waals surface area contributed by atoms with E-state index < -0.39 is 0 Å². The second-order valence-electron chi connectivity index (χ2n) is 4.51. The molecule has 114 valence electrons. The van der Waals surface area contributed by atoms with Crippen molar-refractivity contribution in [3.8, 4) is 0 Å². The summed E-state index contributed by atoms with van der Waals surface area (Å²) in [5.41, 5.74) is 2.00. The fourth-order valence-corrected chi connectivity index (χ4v) is 1.93. The van der Waals surface area contributed by atoms with E-state index in [0.717, 1.165) is 17.7 Å². The molecule has 1 heterocycles. The van der Waals surface area contributed by atoms with Gasteiger partial charge in [0, 0.05) is 19.0 Å². The molecule has 2 aromatic rings. The van der Waals surface area contributed by atoms with Crippen LogP contribution in [0.25, 0.3) is 0 Å². The molecule has 0 aliphatic rings. The van der Waals surface area contributed by atoms with Crippen LogP contribution in [0, 0.1) is 0 Å². The first-order valence-corrected chi connectivity index (χ1v) is 6.65. The van der Waals surface area contributed by atoms with Crippen molar-refractivity contribution in [1.82, 2.24) is 15.3 Å². The van der Waals surface area contributed by atoms with E-state index in [-0.39, 0.29) is 24.4 Å². The SMILES string of the molecule is CN[C@@H](Cc1c[nH]cn1)C(=O)OCCc1ccccc1.Cl. The van der Waals surface area contributed by atoms with Crippen molar-refractivity contribution in [1.29, 1.82) is 0 Å². The number of carbonyl (C=O) groups excluding carboxylic acids is 1. The van der Waals surface area contributed by atoms with E-state index >= 15 is 0 Å². The molecule has 1 aromatic heterocycles. The fourth-order valence-electron chi connectivity index (χ4n) is 1.93. The topological polar surface area (TPSA) is 67.0 Å². The fraction of sp³-hybridized carbons (Fsp3) is 0.333. The van der Waals surface area contributed by atoms with Gasteiger partial charge in [0.05, 0.1) is 18.6 Å². The Kier molecular flexibility index (Phi) is 7.50. The van der Waals surface area contributed by atoms with Gasteiger partial charge in [-0.3, -0.25) is 4.79 Å². The highest BCUT2D eigenvalue weighted by atomic mass is 35.5. The van der Waals surface area contributed by atoms with Crippen LogP contribution < -0.4 is 5.32 Å². The van der Waals surface area contributed by atoms with Crippen molar-refractivity contribution >= 4 is 18.4 Å². The number of rotatable bonds is 7. The lowest BCUT2D eigenvalue weighted by molar-refractivity contribution is -0.145. The third-order valence-electron chi connectivity index (χ3n) is 3.08. The molecule has 0 radical (unpaired) electrons. The normalized spacial score (nSPS) is 11.5. The van der Waals surface area contributed by atoms with Gasteiger partial charge in [-0.15, -0.1) is 12.4 Å². The van der Waals surface area contributed by atoms with Crippen LogP contribution in [-0.2, 0) is 22.4 Å². The summed E-state index contributed by atoms with van der Waals surface area (Å²) in [4.78, 5) is 19.0. The van der Waals surface area contributed by atoms with Crippen molar-refractivity contribution in [3.63, 3.8) is 0 Å². The van der Waals surface area contributed by atoms with Crippen LogP contribution >= 0.6 is 12.4 Å². The zero-order valence-electron chi connectivity index (χ0n) is 11.9. The van der Waals surface area contributed by atoms with Crippen LogP contribution in [0.15, 0.2) is 42.9 Å². The zero-order valence-corrected chi connectivity index (χ0v) is 12.7. The highest BCUT2D eigenvalue weighted by molar-refractivity contribution is 5.85. The number of ether oxygens (including phenoxy) is 1. The number of carbonyl (C=O) groups is 1. The number of halogens is 1. The van der Waals surface area contributed by atoms with Gasteiger partial charge in [-0.2, -0.15) is 0 Å². The lowest BCUT2D eigenvalue weighted by atomic mass is 10.1. The Morgan fingerprint density at radius 2 is 2.14 bits per heavy atom. The number of likely N-dealkylation sites (N-methyl/N-ethyl adjacent to an activating group) is 1. The number of nitrogens with one attached hydrogen (secondary N) is 2. The molecule has 6 heteroatoms. The number of aromatic nitrogens is 2. The Hall–Kier alpha value is -1.85. The summed E-state index contributed by atoms with van der Waals surface area (Å²) in [6, 6.07) is 9.60. The Bertz CT molecular complexity index is 517. The summed E-state index contributed by atoms with van der Waals surface area (Å²) in [6.45, 7) is 0.390. The van der Waals surface area contributed by atoms with Gasteiger partial charge in [-0.25, -0.2) is 4.98 Å². The van der Waals surface area contributed by atoms with Crippen LogP contribution in [0.3, 0.4) is 0 Å². The summed E-state index contributed by atoms with van der Waals surface area (Å²) >= 11 is 0. The van der Waals surface area contributed by atoms with E-state index in [4.69, 9.17) is 4.74 Å². The molecular formula is C15H20ClN3O2. The average Bonchev–Trinajstić information content (AvgIpc) is 2.98. The van der Waals surface area contributed by atoms with Crippen LogP contribution in [0.1, 0.15) is 11.3 Å². The number of aromatic amines is 1. The maximum atomic E-state index is 12.0. The lowest BCUT2D eigenvalue weighted by Gasteiger charge is -2.14. The van der Waals surface area contributed by atoms with Gasteiger partial charge >= 0.3 is 5.97 Å². The zero-order chi connectivity index (χ0) is 14.2. The predicted molar refractivity (Wildman–Crippen MR) is 83.5 cm³/mol. The molecule has 21 heavy (non-hydrogen) atoms. The largest absolute Gasteiger partial charge is 0.464 e. The Labute approximate surface area is 130 Å². The quantitative estimate of drug-likeness (QED) is 0.765. The minimum Gasteiger partial charge on any atom is -0.464 e. The molecule has 5 nitrogen and oxygen atoms in total. The molecule has 0 amide bonds. The molecular weight excluding hydrogens is 290 g/mol. The summed E-state index contributed by atoms with van der Waals surface area (Å²) in [5, 5.41) is 2.96. The summed E-state index contributed by atoms with van der Waals surface area (Å²) < 4.78 is 5.31. The first kappa shape index (κ1) is 17.2. The van der Waals surface area contributed by atoms with Crippen molar-refractivity contribution in [2.45, 2.75) is 18.9 Å². The summed E-state index contributed by atoms with van der Waals surface area (Å²) in [5.74, 6) is -0.244. The second kappa shape index (κ2) is 9.15. The van der Waals surface area contributed by atoms with E-state index in [1.165, 1.54) is 0 Å². The highest BCUT2D eigenvalue weighted by Crippen LogP contribution is 2.03. The molecule has 1 aromatic carbocycles. The van der Waals surface area contributed by atoms with Crippen molar-refractivity contribution < 1.29 is 9.53 Å². The standard InChI is InChI=1S/C15H19N3O2.ClH/c1-16-14(9-13-10-17-11-18-13)15(19)20-8-7-12-5-3-2-4-6-12;/h2-6,10-11,14,16H,7-9H2,1H3,(H,17,18);1H/t14-;/m0./s1. The molecule has 0 aliphatic heterocycles. The molecule has 0 aliphatic carbocycles. The van der Waals surface area contributed by atoms with E-state index in [1.54, 1.807) is 19.6 Å². The number of hydrogen-bond donors (Lipinski definition) is 2. The minimum absolute atomic E-state index is 0. The number of nitrogens with zero attached hydrogens (tertiary/aromatic N) is 1. The van der Waals surface area contributed by atoms with Crippen LogP contribution in [0.4, 0.5) is 0 Å². The van der Waals surface area contributed by atoms with Gasteiger partial charge in [0.25, 0.3) is 0 Å². The minimum atomic E-state index is -0.367. The van der Waals surface area contributed by atoms with Gasteiger partial charge < -0.3 is 15.0 Å². The average molecular weight is 310 g/mol. The molecule has 0 saturated heterocycles. The van der Waals surface area contributed by atoms with Crippen molar-refractivity contribution in [2.75, 3.05) is 13.7 Å². The Balaban J connectivity index is 0.00000220. The molecule has 0 fully saturated rings. The number of hydrogen-bond acceptors (Lipinski definition) is 4. The summed E-state index contributed by atoms with van der Waals surface area (Å²) in [7, 11) is 1.75. The van der Waals surface area contributed by atoms with Gasteiger partial charge in [0.1, 0.15) is 6.04 Å².